The Bertz CT molecular complexity index is 266. The molecule has 0 atom stereocenters. The van der Waals surface area contributed by atoms with Crippen LogP contribution in [0.5, 0.6) is 0 Å². The second-order valence-corrected chi connectivity index (χ2v) is 5.70. The quantitative estimate of drug-likeness (QED) is 0.682. The van der Waals surface area contributed by atoms with Gasteiger partial charge in [0.1, 0.15) is 0 Å². The molecule has 1 aliphatic heterocycles. The third-order valence-electron chi connectivity index (χ3n) is 3.28. The van der Waals surface area contributed by atoms with Crippen molar-refractivity contribution in [2.75, 3.05) is 6.54 Å². The first-order valence-electron chi connectivity index (χ1n) is 5.43. The molecule has 0 aromatic carbocycles. The number of carbonyl (C=O) groups is 1. The second-order valence-electron chi connectivity index (χ2n) is 5.70. The van der Waals surface area contributed by atoms with Crippen LogP contribution >= 0.6 is 0 Å². The third kappa shape index (κ3) is 1.44. The zero-order chi connectivity index (χ0) is 10.6. The smallest absolute Gasteiger partial charge is 0.243 e. The predicted molar refractivity (Wildman–Crippen MR) is 56.0 cm³/mol. The van der Waals surface area contributed by atoms with Gasteiger partial charge in [0.25, 0.3) is 0 Å². The molecule has 2 aliphatic rings. The number of hydrogen-bond donors (Lipinski definition) is 1. The minimum atomic E-state index is -0.377. The van der Waals surface area contributed by atoms with Gasteiger partial charge in [-0.3, -0.25) is 4.79 Å². The van der Waals surface area contributed by atoms with E-state index < -0.39 is 0 Å². The number of nitrogens with zero attached hydrogens (tertiary/aromatic N) is 1. The molecule has 0 radical (unpaired) electrons. The highest BCUT2D eigenvalue weighted by molar-refractivity contribution is 5.87. The molecule has 80 valence electrons. The molecule has 2 fully saturated rings. The number of carbonyl (C=O) groups excluding carboxylic acids is 1. The summed E-state index contributed by atoms with van der Waals surface area (Å²) < 4.78 is 0. The van der Waals surface area contributed by atoms with E-state index in [2.05, 4.69) is 24.1 Å². The van der Waals surface area contributed by atoms with Gasteiger partial charge in [0.15, 0.2) is 0 Å². The maximum Gasteiger partial charge on any atom is 0.243 e. The zero-order valence-electron chi connectivity index (χ0n) is 9.55. The normalized spacial score (nSPS) is 30.6. The molecule has 0 unspecified atom stereocenters. The summed E-state index contributed by atoms with van der Waals surface area (Å²) in [6.07, 6.45) is 2.37. The van der Waals surface area contributed by atoms with Gasteiger partial charge in [-0.2, -0.15) is 0 Å². The molecule has 0 aromatic rings. The lowest BCUT2D eigenvalue weighted by molar-refractivity contribution is -0.148. The van der Waals surface area contributed by atoms with Crippen molar-refractivity contribution < 1.29 is 4.79 Å². The van der Waals surface area contributed by atoms with Crippen LogP contribution in [0, 0.1) is 0 Å². The highest BCUT2D eigenvalue weighted by Gasteiger charge is 2.49. The summed E-state index contributed by atoms with van der Waals surface area (Å²) >= 11 is 0. The highest BCUT2D eigenvalue weighted by atomic mass is 16.2. The average Bonchev–Trinajstić information content (AvgIpc) is 2.83. The minimum Gasteiger partial charge on any atom is -0.332 e. The first-order chi connectivity index (χ1) is 6.34. The maximum absolute atomic E-state index is 12.2. The molecule has 1 heterocycles. The standard InChI is InChI=1S/C11H20N2O/c1-10(2)7-12-11(3,4)9(14)13(10)8-5-6-8/h8,12H,5-7H2,1-4H3. The van der Waals surface area contributed by atoms with Crippen molar-refractivity contribution in [3.8, 4) is 0 Å². The van der Waals surface area contributed by atoms with Crippen molar-refractivity contribution in [3.63, 3.8) is 0 Å². The maximum atomic E-state index is 12.2. The molecular formula is C11H20N2O. The summed E-state index contributed by atoms with van der Waals surface area (Å²) in [4.78, 5) is 14.3. The number of nitrogens with one attached hydrogen (secondary N) is 1. The van der Waals surface area contributed by atoms with Gasteiger partial charge >= 0.3 is 0 Å². The molecule has 3 nitrogen and oxygen atoms in total. The monoisotopic (exact) mass is 196 g/mol. The lowest BCUT2D eigenvalue weighted by atomic mass is 9.90. The van der Waals surface area contributed by atoms with E-state index in [0.29, 0.717) is 6.04 Å². The van der Waals surface area contributed by atoms with E-state index in [1.165, 1.54) is 12.8 Å². The molecule has 14 heavy (non-hydrogen) atoms. The Morgan fingerprint density at radius 1 is 1.29 bits per heavy atom. The Balaban J connectivity index is 2.26. The number of rotatable bonds is 1. The summed E-state index contributed by atoms with van der Waals surface area (Å²) in [5, 5.41) is 3.32. The summed E-state index contributed by atoms with van der Waals surface area (Å²) in [6.45, 7) is 9.12. The molecule has 1 saturated heterocycles. The lowest BCUT2D eigenvalue weighted by Crippen LogP contribution is -2.69. The molecule has 1 saturated carbocycles. The van der Waals surface area contributed by atoms with E-state index >= 15 is 0 Å². The summed E-state index contributed by atoms with van der Waals surface area (Å²) in [7, 11) is 0. The molecule has 0 bridgehead atoms. The molecule has 0 aromatic heterocycles. The molecule has 2 rings (SSSR count). The molecule has 1 amide bonds. The van der Waals surface area contributed by atoms with Gasteiger partial charge in [-0.25, -0.2) is 0 Å². The third-order valence-corrected chi connectivity index (χ3v) is 3.28. The number of piperazine rings is 1. The lowest BCUT2D eigenvalue weighted by Gasteiger charge is -2.49. The largest absolute Gasteiger partial charge is 0.332 e. The van der Waals surface area contributed by atoms with Crippen molar-refractivity contribution in [2.24, 2.45) is 0 Å². The Morgan fingerprint density at radius 3 is 2.36 bits per heavy atom. The molecule has 1 N–H and O–H groups in total. The summed E-state index contributed by atoms with van der Waals surface area (Å²) in [5.41, 5.74) is -0.397. The van der Waals surface area contributed by atoms with E-state index in [-0.39, 0.29) is 17.0 Å². The van der Waals surface area contributed by atoms with Crippen LogP contribution in [0.1, 0.15) is 40.5 Å². The van der Waals surface area contributed by atoms with Crippen molar-refractivity contribution in [1.29, 1.82) is 0 Å². The van der Waals surface area contributed by atoms with Crippen LogP contribution in [0.4, 0.5) is 0 Å². The van der Waals surface area contributed by atoms with E-state index in [1.807, 2.05) is 13.8 Å². The van der Waals surface area contributed by atoms with E-state index in [4.69, 9.17) is 0 Å². The average molecular weight is 196 g/mol. The van der Waals surface area contributed by atoms with Gasteiger partial charge in [0, 0.05) is 12.6 Å². The van der Waals surface area contributed by atoms with E-state index in [1.54, 1.807) is 0 Å². The minimum absolute atomic E-state index is 0.0201. The van der Waals surface area contributed by atoms with E-state index in [0.717, 1.165) is 6.54 Å². The predicted octanol–water partition coefficient (Wildman–Crippen LogP) is 1.14. The molecule has 1 aliphatic carbocycles. The van der Waals surface area contributed by atoms with Crippen LogP contribution in [-0.4, -0.2) is 34.5 Å². The van der Waals surface area contributed by atoms with Gasteiger partial charge in [-0.05, 0) is 40.5 Å². The molecule has 3 heteroatoms. The van der Waals surface area contributed by atoms with Crippen molar-refractivity contribution in [2.45, 2.75) is 57.7 Å². The van der Waals surface area contributed by atoms with Gasteiger partial charge in [0.2, 0.25) is 5.91 Å². The first kappa shape index (κ1) is 9.97. The Morgan fingerprint density at radius 2 is 1.86 bits per heavy atom. The fourth-order valence-electron chi connectivity index (χ4n) is 2.17. The molecule has 0 spiro atoms. The van der Waals surface area contributed by atoms with Crippen LogP contribution in [0.2, 0.25) is 0 Å². The highest BCUT2D eigenvalue weighted by Crippen LogP contribution is 2.36. The second kappa shape index (κ2) is 2.72. The topological polar surface area (TPSA) is 32.3 Å². The van der Waals surface area contributed by atoms with E-state index in [9.17, 15) is 4.79 Å². The summed E-state index contributed by atoms with van der Waals surface area (Å²) in [6, 6.07) is 0.513. The van der Waals surface area contributed by atoms with Crippen LogP contribution in [-0.2, 0) is 4.79 Å². The van der Waals surface area contributed by atoms with Crippen molar-refractivity contribution >= 4 is 5.91 Å². The Hall–Kier alpha value is -0.570. The van der Waals surface area contributed by atoms with Crippen LogP contribution in [0.3, 0.4) is 0 Å². The first-order valence-corrected chi connectivity index (χ1v) is 5.43. The zero-order valence-corrected chi connectivity index (χ0v) is 9.55. The van der Waals surface area contributed by atoms with Crippen molar-refractivity contribution in [3.05, 3.63) is 0 Å². The number of amides is 1. The Labute approximate surface area is 85.8 Å². The van der Waals surface area contributed by atoms with Crippen LogP contribution in [0.25, 0.3) is 0 Å². The Kier molecular flexibility index (Phi) is 1.94. The van der Waals surface area contributed by atoms with Crippen molar-refractivity contribution in [1.82, 2.24) is 10.2 Å². The SMILES string of the molecule is CC1(C)NCC(C)(C)N(C2CC2)C1=O. The number of hydrogen-bond acceptors (Lipinski definition) is 2. The fourth-order valence-corrected chi connectivity index (χ4v) is 2.17. The van der Waals surface area contributed by atoms with Crippen LogP contribution < -0.4 is 5.32 Å². The summed E-state index contributed by atoms with van der Waals surface area (Å²) in [5.74, 6) is 0.260. The van der Waals surface area contributed by atoms with Gasteiger partial charge < -0.3 is 10.2 Å². The van der Waals surface area contributed by atoms with Crippen LogP contribution in [0.15, 0.2) is 0 Å². The van der Waals surface area contributed by atoms with Gasteiger partial charge in [0.05, 0.1) is 11.1 Å². The fraction of sp³-hybridized carbons (Fsp3) is 0.909. The van der Waals surface area contributed by atoms with Gasteiger partial charge in [-0.1, -0.05) is 0 Å². The molecular weight excluding hydrogens is 176 g/mol. The van der Waals surface area contributed by atoms with Gasteiger partial charge in [-0.15, -0.1) is 0 Å².